The van der Waals surface area contributed by atoms with Gasteiger partial charge < -0.3 is 19.5 Å². The smallest absolute Gasteiger partial charge is 0.273 e. The summed E-state index contributed by atoms with van der Waals surface area (Å²) in [4.78, 5) is 14.9. The number of amides is 1. The highest BCUT2D eigenvalue weighted by Gasteiger charge is 2.43. The Hall–Kier alpha value is -2.87. The molecule has 0 saturated heterocycles. The lowest BCUT2D eigenvalue weighted by molar-refractivity contribution is -0.113. The molecule has 0 saturated carbocycles. The topological polar surface area (TPSA) is 87.7 Å². The lowest BCUT2D eigenvalue weighted by Crippen LogP contribution is -2.38. The number of aromatic hydroxyl groups is 1. The number of nitrogens with one attached hydrogen (secondary N) is 1. The van der Waals surface area contributed by atoms with Crippen molar-refractivity contribution in [2.75, 3.05) is 20.8 Å². The number of methoxy groups -OCH3 is 2. The third kappa shape index (κ3) is 3.48. The zero-order valence-electron chi connectivity index (χ0n) is 15.9. The molecule has 0 radical (unpaired) electrons. The van der Waals surface area contributed by atoms with E-state index in [1.165, 1.54) is 14.2 Å². The first-order valence-electron chi connectivity index (χ1n) is 9.03. The molecule has 29 heavy (non-hydrogen) atoms. The van der Waals surface area contributed by atoms with Crippen LogP contribution in [0.25, 0.3) is 11.3 Å². The molecule has 7 nitrogen and oxygen atoms in total. The second kappa shape index (κ2) is 7.87. The van der Waals surface area contributed by atoms with E-state index in [0.717, 1.165) is 16.7 Å². The third-order valence-corrected chi connectivity index (χ3v) is 5.29. The number of hydrogen-bond acceptors (Lipinski definition) is 5. The second-order valence-electron chi connectivity index (χ2n) is 6.72. The van der Waals surface area contributed by atoms with Crippen LogP contribution >= 0.6 is 11.6 Å². The number of carbonyl (C=O) groups is 1. The van der Waals surface area contributed by atoms with Crippen molar-refractivity contribution in [3.63, 3.8) is 0 Å². The summed E-state index contributed by atoms with van der Waals surface area (Å²) in [5, 5.41) is 17.9. The number of aromatic nitrogens is 2. The number of aromatic amines is 1. The van der Waals surface area contributed by atoms with Crippen molar-refractivity contribution in [2.45, 2.75) is 12.3 Å². The van der Waals surface area contributed by atoms with Gasteiger partial charge in [0.15, 0.2) is 6.29 Å². The SMILES string of the molecule is COC(CN1C(=O)c2[nH]nc(-c3ccc(Cl)cc3)c2C1c1cccc(O)c1)OC. The van der Waals surface area contributed by atoms with Gasteiger partial charge in [-0.1, -0.05) is 35.9 Å². The summed E-state index contributed by atoms with van der Waals surface area (Å²) >= 11 is 6.02. The first kappa shape index (κ1) is 19.4. The van der Waals surface area contributed by atoms with Gasteiger partial charge in [-0.05, 0) is 29.8 Å². The summed E-state index contributed by atoms with van der Waals surface area (Å²) in [6, 6.07) is 13.7. The van der Waals surface area contributed by atoms with Crippen molar-refractivity contribution >= 4 is 17.5 Å². The quantitative estimate of drug-likeness (QED) is 0.603. The first-order valence-corrected chi connectivity index (χ1v) is 9.41. The number of phenolic OH excluding ortho intramolecular Hbond substituents is 1. The molecule has 0 fully saturated rings. The summed E-state index contributed by atoms with van der Waals surface area (Å²) in [5.74, 6) is -0.0879. The largest absolute Gasteiger partial charge is 0.508 e. The zero-order valence-corrected chi connectivity index (χ0v) is 16.7. The molecule has 1 aromatic heterocycles. The highest BCUT2D eigenvalue weighted by molar-refractivity contribution is 6.30. The van der Waals surface area contributed by atoms with E-state index in [4.69, 9.17) is 21.1 Å². The minimum absolute atomic E-state index is 0.120. The Balaban J connectivity index is 1.85. The standard InChI is InChI=1S/C21H20ClN3O4/c1-28-16(29-2)11-25-20(13-4-3-5-15(26)10-13)17-18(23-24-19(17)21(25)27)12-6-8-14(22)9-7-12/h3-10,16,20,26H,11H2,1-2H3,(H,23,24). The Kier molecular flexibility index (Phi) is 5.27. The number of phenols is 1. The Bertz CT molecular complexity index is 1030. The summed E-state index contributed by atoms with van der Waals surface area (Å²) in [6.07, 6.45) is -0.588. The van der Waals surface area contributed by atoms with Crippen molar-refractivity contribution in [3.05, 3.63) is 70.4 Å². The average Bonchev–Trinajstić information content (AvgIpc) is 3.26. The van der Waals surface area contributed by atoms with Gasteiger partial charge in [0.1, 0.15) is 11.4 Å². The highest BCUT2D eigenvalue weighted by Crippen LogP contribution is 2.43. The normalized spacial score (nSPS) is 15.9. The molecule has 4 rings (SSSR count). The molecular weight excluding hydrogens is 394 g/mol. The van der Waals surface area contributed by atoms with Crippen LogP contribution in [0, 0.1) is 0 Å². The van der Waals surface area contributed by atoms with Crippen LogP contribution in [-0.2, 0) is 9.47 Å². The van der Waals surface area contributed by atoms with E-state index in [-0.39, 0.29) is 18.2 Å². The number of carbonyl (C=O) groups excluding carboxylic acids is 1. The second-order valence-corrected chi connectivity index (χ2v) is 7.16. The first-order chi connectivity index (χ1) is 14.0. The van der Waals surface area contributed by atoms with Gasteiger partial charge in [-0.25, -0.2) is 0 Å². The molecule has 1 aliphatic heterocycles. The fraction of sp³-hybridized carbons (Fsp3) is 0.238. The Morgan fingerprint density at radius 1 is 1.21 bits per heavy atom. The van der Waals surface area contributed by atoms with Gasteiger partial charge in [0.2, 0.25) is 0 Å². The van der Waals surface area contributed by atoms with E-state index in [0.29, 0.717) is 16.4 Å². The van der Waals surface area contributed by atoms with Crippen LogP contribution in [0.4, 0.5) is 0 Å². The minimum atomic E-state index is -0.588. The fourth-order valence-corrected chi connectivity index (χ4v) is 3.79. The fourth-order valence-electron chi connectivity index (χ4n) is 3.66. The van der Waals surface area contributed by atoms with Gasteiger partial charge in [-0.2, -0.15) is 5.10 Å². The van der Waals surface area contributed by atoms with Gasteiger partial charge in [-0.3, -0.25) is 9.89 Å². The van der Waals surface area contributed by atoms with Crippen LogP contribution in [0.3, 0.4) is 0 Å². The molecule has 2 heterocycles. The van der Waals surface area contributed by atoms with Crippen molar-refractivity contribution in [1.29, 1.82) is 0 Å². The Morgan fingerprint density at radius 3 is 2.59 bits per heavy atom. The van der Waals surface area contributed by atoms with E-state index in [2.05, 4.69) is 10.2 Å². The molecule has 150 valence electrons. The Morgan fingerprint density at radius 2 is 1.93 bits per heavy atom. The van der Waals surface area contributed by atoms with Crippen LogP contribution in [-0.4, -0.2) is 53.2 Å². The number of nitrogens with zero attached hydrogens (tertiary/aromatic N) is 2. The molecule has 3 aromatic rings. The van der Waals surface area contributed by atoms with E-state index >= 15 is 0 Å². The molecule has 1 atom stereocenters. The molecule has 8 heteroatoms. The van der Waals surface area contributed by atoms with Crippen molar-refractivity contribution in [2.24, 2.45) is 0 Å². The van der Waals surface area contributed by atoms with Crippen molar-refractivity contribution < 1.29 is 19.4 Å². The maximum absolute atomic E-state index is 13.2. The van der Waals surface area contributed by atoms with E-state index in [1.54, 1.807) is 35.2 Å². The summed E-state index contributed by atoms with van der Waals surface area (Å²) in [6.45, 7) is 0.217. The van der Waals surface area contributed by atoms with Crippen LogP contribution in [0.15, 0.2) is 48.5 Å². The molecule has 1 amide bonds. The summed E-state index contributed by atoms with van der Waals surface area (Å²) in [7, 11) is 3.05. The molecule has 1 unspecified atom stereocenters. The maximum Gasteiger partial charge on any atom is 0.273 e. The lowest BCUT2D eigenvalue weighted by Gasteiger charge is -2.29. The van der Waals surface area contributed by atoms with Gasteiger partial charge >= 0.3 is 0 Å². The molecule has 0 spiro atoms. The number of rotatable bonds is 6. The maximum atomic E-state index is 13.2. The summed E-state index contributed by atoms with van der Waals surface area (Å²) < 4.78 is 10.6. The number of benzene rings is 2. The van der Waals surface area contributed by atoms with Crippen molar-refractivity contribution in [1.82, 2.24) is 15.1 Å². The van der Waals surface area contributed by atoms with E-state index in [1.807, 2.05) is 18.2 Å². The monoisotopic (exact) mass is 413 g/mol. The minimum Gasteiger partial charge on any atom is -0.508 e. The molecule has 0 aliphatic carbocycles. The van der Waals surface area contributed by atoms with Gasteiger partial charge in [0, 0.05) is 30.4 Å². The van der Waals surface area contributed by atoms with Crippen LogP contribution in [0.1, 0.15) is 27.7 Å². The Labute approximate surface area is 172 Å². The third-order valence-electron chi connectivity index (χ3n) is 5.04. The van der Waals surface area contributed by atoms with Crippen LogP contribution < -0.4 is 0 Å². The number of halogens is 1. The number of hydrogen-bond donors (Lipinski definition) is 2. The predicted molar refractivity (Wildman–Crippen MR) is 108 cm³/mol. The van der Waals surface area contributed by atoms with E-state index < -0.39 is 12.3 Å². The average molecular weight is 414 g/mol. The molecular formula is C21H20ClN3O4. The lowest BCUT2D eigenvalue weighted by atomic mass is 9.96. The number of ether oxygens (including phenoxy) is 2. The van der Waals surface area contributed by atoms with Crippen molar-refractivity contribution in [3.8, 4) is 17.0 Å². The van der Waals surface area contributed by atoms with Crippen LogP contribution in [0.2, 0.25) is 5.02 Å². The van der Waals surface area contributed by atoms with Gasteiger partial charge in [-0.15, -0.1) is 0 Å². The van der Waals surface area contributed by atoms with E-state index in [9.17, 15) is 9.90 Å². The molecule has 2 aromatic carbocycles. The molecule has 0 bridgehead atoms. The van der Waals surface area contributed by atoms with Crippen LogP contribution in [0.5, 0.6) is 5.75 Å². The zero-order chi connectivity index (χ0) is 20.5. The molecule has 2 N–H and O–H groups in total. The summed E-state index contributed by atoms with van der Waals surface area (Å²) in [5.41, 5.74) is 3.41. The predicted octanol–water partition coefficient (Wildman–Crippen LogP) is 3.60. The highest BCUT2D eigenvalue weighted by atomic mass is 35.5. The molecule has 1 aliphatic rings. The number of fused-ring (bicyclic) bond motifs is 1. The van der Waals surface area contributed by atoms with Gasteiger partial charge in [0.05, 0.1) is 18.3 Å². The number of H-pyrrole nitrogens is 1. The van der Waals surface area contributed by atoms with Gasteiger partial charge in [0.25, 0.3) is 5.91 Å².